The highest BCUT2D eigenvalue weighted by atomic mass is 32.1. The molecular weight excluding hydrogens is 346 g/mol. The van der Waals surface area contributed by atoms with E-state index in [1.54, 1.807) is 35.6 Å². The number of amides is 2. The van der Waals surface area contributed by atoms with Gasteiger partial charge in [-0.05, 0) is 42.8 Å². The van der Waals surface area contributed by atoms with Gasteiger partial charge in [0.2, 0.25) is 0 Å². The third kappa shape index (κ3) is 4.82. The SMILES string of the molecule is CN1CCN([C@H](CNC(=O)Nc2ccc(C#N)cc2)c2cccs2)CC1. The van der Waals surface area contributed by atoms with Gasteiger partial charge in [-0.15, -0.1) is 11.3 Å². The van der Waals surface area contributed by atoms with E-state index in [1.807, 2.05) is 0 Å². The lowest BCUT2D eigenvalue weighted by Crippen LogP contribution is -2.48. The molecule has 0 saturated carbocycles. The Kier molecular flexibility index (Phi) is 6.23. The van der Waals surface area contributed by atoms with Crippen LogP contribution in [0.3, 0.4) is 0 Å². The molecular formula is C19H23N5OS. The van der Waals surface area contributed by atoms with E-state index in [2.05, 4.69) is 51.1 Å². The highest BCUT2D eigenvalue weighted by molar-refractivity contribution is 7.10. The molecule has 6 nitrogen and oxygen atoms in total. The van der Waals surface area contributed by atoms with Gasteiger partial charge in [-0.2, -0.15) is 5.26 Å². The monoisotopic (exact) mass is 369 g/mol. The van der Waals surface area contributed by atoms with Crippen LogP contribution in [-0.2, 0) is 0 Å². The summed E-state index contributed by atoms with van der Waals surface area (Å²) in [7, 11) is 2.14. The number of carbonyl (C=O) groups excluding carboxylic acids is 1. The number of nitrogens with one attached hydrogen (secondary N) is 2. The molecule has 1 aromatic heterocycles. The Morgan fingerprint density at radius 1 is 1.23 bits per heavy atom. The van der Waals surface area contributed by atoms with E-state index < -0.39 is 0 Å². The minimum absolute atomic E-state index is 0.190. The number of rotatable bonds is 5. The van der Waals surface area contributed by atoms with E-state index in [9.17, 15) is 4.79 Å². The van der Waals surface area contributed by atoms with Gasteiger partial charge >= 0.3 is 6.03 Å². The molecule has 1 aromatic carbocycles. The molecule has 136 valence electrons. The first-order valence-corrected chi connectivity index (χ1v) is 9.54. The smallest absolute Gasteiger partial charge is 0.319 e. The standard InChI is InChI=1S/C19H23N5OS/c1-23-8-10-24(11-9-23)17(18-3-2-12-26-18)14-21-19(25)22-16-6-4-15(13-20)5-7-16/h2-7,12,17H,8-11,14H2,1H3,(H2,21,22,25)/t17-/m1/s1. The maximum absolute atomic E-state index is 12.3. The lowest BCUT2D eigenvalue weighted by molar-refractivity contribution is 0.113. The Labute approximate surface area is 158 Å². The van der Waals surface area contributed by atoms with E-state index in [4.69, 9.17) is 5.26 Å². The summed E-state index contributed by atoms with van der Waals surface area (Å²) in [5, 5.41) is 16.7. The number of nitriles is 1. The molecule has 1 aliphatic heterocycles. The molecule has 2 aromatic rings. The fraction of sp³-hybridized carbons (Fsp3) is 0.368. The molecule has 2 N–H and O–H groups in total. The molecule has 2 amide bonds. The van der Waals surface area contributed by atoms with E-state index in [-0.39, 0.29) is 12.1 Å². The highest BCUT2D eigenvalue weighted by Gasteiger charge is 2.25. The van der Waals surface area contributed by atoms with Crippen LogP contribution in [0.2, 0.25) is 0 Å². The summed E-state index contributed by atoms with van der Waals surface area (Å²) in [4.78, 5) is 18.3. The average Bonchev–Trinajstić information content (AvgIpc) is 3.18. The van der Waals surface area contributed by atoms with Gasteiger partial charge in [0.05, 0.1) is 17.7 Å². The highest BCUT2D eigenvalue weighted by Crippen LogP contribution is 2.25. The Hall–Kier alpha value is -2.40. The molecule has 2 heterocycles. The number of hydrogen-bond donors (Lipinski definition) is 2. The quantitative estimate of drug-likeness (QED) is 0.850. The van der Waals surface area contributed by atoms with Crippen LogP contribution in [0.1, 0.15) is 16.5 Å². The van der Waals surface area contributed by atoms with Crippen LogP contribution in [-0.4, -0.2) is 55.6 Å². The predicted molar refractivity (Wildman–Crippen MR) is 104 cm³/mol. The summed E-state index contributed by atoms with van der Waals surface area (Å²) in [5.74, 6) is 0. The summed E-state index contributed by atoms with van der Waals surface area (Å²) in [6, 6.07) is 13.1. The topological polar surface area (TPSA) is 71.4 Å². The molecule has 0 radical (unpaired) electrons. The minimum atomic E-state index is -0.231. The van der Waals surface area contributed by atoms with Crippen LogP contribution in [0.4, 0.5) is 10.5 Å². The second-order valence-electron chi connectivity index (χ2n) is 6.39. The summed E-state index contributed by atoms with van der Waals surface area (Å²) >= 11 is 1.73. The maximum atomic E-state index is 12.3. The second-order valence-corrected chi connectivity index (χ2v) is 7.37. The van der Waals surface area contributed by atoms with Crippen molar-refractivity contribution in [2.75, 3.05) is 45.1 Å². The lowest BCUT2D eigenvalue weighted by Gasteiger charge is -2.37. The first-order valence-electron chi connectivity index (χ1n) is 8.67. The van der Waals surface area contributed by atoms with Gasteiger partial charge in [0.25, 0.3) is 0 Å². The number of carbonyl (C=O) groups is 1. The van der Waals surface area contributed by atoms with Crippen molar-refractivity contribution in [3.63, 3.8) is 0 Å². The second kappa shape index (κ2) is 8.81. The van der Waals surface area contributed by atoms with Gasteiger partial charge in [-0.25, -0.2) is 4.79 Å². The van der Waals surface area contributed by atoms with Crippen LogP contribution >= 0.6 is 11.3 Å². The Morgan fingerprint density at radius 3 is 2.58 bits per heavy atom. The molecule has 7 heteroatoms. The van der Waals surface area contributed by atoms with Gasteiger partial charge in [0.15, 0.2) is 0 Å². The third-order valence-electron chi connectivity index (χ3n) is 4.58. The van der Waals surface area contributed by atoms with Gasteiger partial charge in [-0.1, -0.05) is 6.07 Å². The molecule has 0 spiro atoms. The molecule has 26 heavy (non-hydrogen) atoms. The summed E-state index contributed by atoms with van der Waals surface area (Å²) in [5.41, 5.74) is 1.25. The Bertz CT molecular complexity index is 745. The molecule has 1 aliphatic rings. The summed E-state index contributed by atoms with van der Waals surface area (Å²) in [6.07, 6.45) is 0. The summed E-state index contributed by atoms with van der Waals surface area (Å²) < 4.78 is 0. The predicted octanol–water partition coefficient (Wildman–Crippen LogP) is 2.73. The van der Waals surface area contributed by atoms with Crippen molar-refractivity contribution in [3.8, 4) is 6.07 Å². The number of thiophene rings is 1. The first kappa shape index (κ1) is 18.4. The molecule has 0 aliphatic carbocycles. The number of piperazine rings is 1. The number of benzene rings is 1. The van der Waals surface area contributed by atoms with Crippen molar-refractivity contribution in [2.45, 2.75) is 6.04 Å². The number of anilines is 1. The van der Waals surface area contributed by atoms with Crippen LogP contribution < -0.4 is 10.6 Å². The van der Waals surface area contributed by atoms with E-state index in [0.717, 1.165) is 26.2 Å². The zero-order chi connectivity index (χ0) is 18.4. The van der Waals surface area contributed by atoms with Gasteiger partial charge in [-0.3, -0.25) is 4.90 Å². The van der Waals surface area contributed by atoms with E-state index in [0.29, 0.717) is 17.8 Å². The number of hydrogen-bond acceptors (Lipinski definition) is 5. The van der Waals surface area contributed by atoms with Crippen LogP contribution in [0, 0.1) is 11.3 Å². The minimum Gasteiger partial charge on any atom is -0.336 e. The number of likely N-dealkylation sites (N-methyl/N-ethyl adjacent to an activating group) is 1. The zero-order valence-electron chi connectivity index (χ0n) is 14.8. The van der Waals surface area contributed by atoms with Crippen LogP contribution in [0.5, 0.6) is 0 Å². The molecule has 1 fully saturated rings. The van der Waals surface area contributed by atoms with Crippen molar-refractivity contribution in [3.05, 3.63) is 52.2 Å². The summed E-state index contributed by atoms with van der Waals surface area (Å²) in [6.45, 7) is 4.64. The number of nitrogens with zero attached hydrogens (tertiary/aromatic N) is 3. The van der Waals surface area contributed by atoms with Crippen LogP contribution in [0.25, 0.3) is 0 Å². The molecule has 0 unspecified atom stereocenters. The molecule has 0 bridgehead atoms. The fourth-order valence-corrected chi connectivity index (χ4v) is 3.88. The fourth-order valence-electron chi connectivity index (χ4n) is 3.02. The number of urea groups is 1. The molecule has 1 saturated heterocycles. The molecule has 1 atom stereocenters. The van der Waals surface area contributed by atoms with Crippen molar-refractivity contribution in [2.24, 2.45) is 0 Å². The lowest BCUT2D eigenvalue weighted by atomic mass is 10.1. The van der Waals surface area contributed by atoms with Gasteiger partial charge in [0.1, 0.15) is 0 Å². The first-order chi connectivity index (χ1) is 12.7. The van der Waals surface area contributed by atoms with Crippen molar-refractivity contribution >= 4 is 23.1 Å². The van der Waals surface area contributed by atoms with Crippen molar-refractivity contribution < 1.29 is 4.79 Å². The van der Waals surface area contributed by atoms with Crippen molar-refractivity contribution in [1.82, 2.24) is 15.1 Å². The van der Waals surface area contributed by atoms with Crippen molar-refractivity contribution in [1.29, 1.82) is 5.26 Å². The van der Waals surface area contributed by atoms with E-state index in [1.165, 1.54) is 4.88 Å². The van der Waals surface area contributed by atoms with Gasteiger partial charge in [0, 0.05) is 43.3 Å². The largest absolute Gasteiger partial charge is 0.336 e. The van der Waals surface area contributed by atoms with E-state index >= 15 is 0 Å². The zero-order valence-corrected chi connectivity index (χ0v) is 15.6. The van der Waals surface area contributed by atoms with Gasteiger partial charge < -0.3 is 15.5 Å². The Balaban J connectivity index is 1.58. The van der Waals surface area contributed by atoms with Crippen LogP contribution in [0.15, 0.2) is 41.8 Å². The maximum Gasteiger partial charge on any atom is 0.319 e. The average molecular weight is 369 g/mol. The third-order valence-corrected chi connectivity index (χ3v) is 5.55. The normalized spacial score (nSPS) is 16.6. The Morgan fingerprint density at radius 2 is 1.96 bits per heavy atom. The molecule has 3 rings (SSSR count).